The van der Waals surface area contributed by atoms with Gasteiger partial charge >= 0.3 is 5.97 Å². The third kappa shape index (κ3) is 9.05. The topological polar surface area (TPSA) is 95.5 Å². The Labute approximate surface area is 126 Å². The van der Waals surface area contributed by atoms with Crippen LogP contribution in [0.5, 0.6) is 0 Å². The summed E-state index contributed by atoms with van der Waals surface area (Å²) in [6, 6.07) is -0.909. The first-order chi connectivity index (χ1) is 9.79. The zero-order valence-corrected chi connectivity index (χ0v) is 13.4. The Hall–Kier alpha value is -1.59. The molecule has 0 aromatic rings. The molecule has 0 fully saturated rings. The third-order valence-corrected chi connectivity index (χ3v) is 3.42. The SMILES string of the molecule is CCC(CC)CC(=O)NCC(=O)N[C@@H](CC(C)C)C(=O)O. The maximum Gasteiger partial charge on any atom is 0.326 e. The normalized spacial score (nSPS) is 12.3. The van der Waals surface area contributed by atoms with Gasteiger partial charge in [0.1, 0.15) is 6.04 Å². The molecule has 0 bridgehead atoms. The second-order valence-electron chi connectivity index (χ2n) is 5.75. The maximum atomic E-state index is 11.7. The molecule has 0 radical (unpaired) electrons. The summed E-state index contributed by atoms with van der Waals surface area (Å²) in [6.07, 6.45) is 2.61. The summed E-state index contributed by atoms with van der Waals surface area (Å²) in [7, 11) is 0. The number of amides is 2. The van der Waals surface area contributed by atoms with Crippen LogP contribution in [0.15, 0.2) is 0 Å². The lowest BCUT2D eigenvalue weighted by atomic mass is 9.99. The lowest BCUT2D eigenvalue weighted by molar-refractivity contribution is -0.142. The Balaban J connectivity index is 4.18. The predicted molar refractivity (Wildman–Crippen MR) is 80.7 cm³/mol. The van der Waals surface area contributed by atoms with E-state index in [2.05, 4.69) is 10.6 Å². The maximum absolute atomic E-state index is 11.7. The number of nitrogens with one attached hydrogen (secondary N) is 2. The first-order valence-corrected chi connectivity index (χ1v) is 7.58. The van der Waals surface area contributed by atoms with Crippen LogP contribution in [0.25, 0.3) is 0 Å². The van der Waals surface area contributed by atoms with Crippen LogP contribution in [0.3, 0.4) is 0 Å². The molecule has 0 aliphatic heterocycles. The highest BCUT2D eigenvalue weighted by Gasteiger charge is 2.21. The number of rotatable bonds is 10. The number of carboxylic acid groups (broad SMARTS) is 1. The highest BCUT2D eigenvalue weighted by molar-refractivity contribution is 5.87. The largest absolute Gasteiger partial charge is 0.480 e. The van der Waals surface area contributed by atoms with Crippen molar-refractivity contribution in [1.29, 1.82) is 0 Å². The van der Waals surface area contributed by atoms with Crippen molar-refractivity contribution in [2.45, 2.75) is 59.4 Å². The number of aliphatic carboxylic acids is 1. The molecule has 0 aromatic carbocycles. The molecular weight excluding hydrogens is 272 g/mol. The fourth-order valence-electron chi connectivity index (χ4n) is 2.03. The van der Waals surface area contributed by atoms with E-state index < -0.39 is 17.9 Å². The van der Waals surface area contributed by atoms with E-state index in [9.17, 15) is 14.4 Å². The van der Waals surface area contributed by atoms with Gasteiger partial charge < -0.3 is 15.7 Å². The average Bonchev–Trinajstić information content (AvgIpc) is 2.41. The summed E-state index contributed by atoms with van der Waals surface area (Å²) in [5, 5.41) is 14.0. The smallest absolute Gasteiger partial charge is 0.326 e. The molecule has 2 amide bonds. The van der Waals surface area contributed by atoms with Crippen LogP contribution >= 0.6 is 0 Å². The first kappa shape index (κ1) is 19.4. The minimum absolute atomic E-state index is 0.163. The average molecular weight is 300 g/mol. The van der Waals surface area contributed by atoms with E-state index in [0.717, 1.165) is 12.8 Å². The van der Waals surface area contributed by atoms with E-state index in [-0.39, 0.29) is 18.4 Å². The summed E-state index contributed by atoms with van der Waals surface area (Å²) >= 11 is 0. The number of carbonyl (C=O) groups excluding carboxylic acids is 2. The van der Waals surface area contributed by atoms with Crippen LogP contribution in [0.2, 0.25) is 0 Å². The summed E-state index contributed by atoms with van der Waals surface area (Å²) in [4.78, 5) is 34.4. The molecule has 0 unspecified atom stereocenters. The van der Waals surface area contributed by atoms with E-state index in [1.165, 1.54) is 0 Å². The van der Waals surface area contributed by atoms with Crippen molar-refractivity contribution >= 4 is 17.8 Å². The molecule has 21 heavy (non-hydrogen) atoms. The Morgan fingerprint density at radius 3 is 2.05 bits per heavy atom. The Morgan fingerprint density at radius 2 is 1.62 bits per heavy atom. The minimum Gasteiger partial charge on any atom is -0.480 e. The van der Waals surface area contributed by atoms with E-state index in [4.69, 9.17) is 5.11 Å². The highest BCUT2D eigenvalue weighted by Crippen LogP contribution is 2.11. The van der Waals surface area contributed by atoms with Crippen molar-refractivity contribution in [2.24, 2.45) is 11.8 Å². The third-order valence-electron chi connectivity index (χ3n) is 3.42. The molecule has 1 atom stereocenters. The van der Waals surface area contributed by atoms with Crippen molar-refractivity contribution < 1.29 is 19.5 Å². The molecule has 0 aliphatic carbocycles. The second kappa shape index (κ2) is 10.2. The van der Waals surface area contributed by atoms with Crippen LogP contribution in [0.1, 0.15) is 53.4 Å². The van der Waals surface area contributed by atoms with Gasteiger partial charge in [0.05, 0.1) is 6.54 Å². The van der Waals surface area contributed by atoms with Crippen molar-refractivity contribution in [3.63, 3.8) is 0 Å². The molecule has 122 valence electrons. The standard InChI is InChI=1S/C15H28N2O4/c1-5-11(6-2)8-13(18)16-9-14(19)17-12(15(20)21)7-10(3)4/h10-12H,5-9H2,1-4H3,(H,16,18)(H,17,19)(H,20,21)/t12-/m0/s1. The summed E-state index contributed by atoms with van der Waals surface area (Å²) in [5.41, 5.74) is 0. The van der Waals surface area contributed by atoms with Crippen molar-refractivity contribution in [1.82, 2.24) is 10.6 Å². The Kier molecular flexibility index (Phi) is 9.41. The number of carboxylic acids is 1. The van der Waals surface area contributed by atoms with Crippen LogP contribution in [-0.4, -0.2) is 35.5 Å². The van der Waals surface area contributed by atoms with Crippen molar-refractivity contribution in [3.05, 3.63) is 0 Å². The minimum atomic E-state index is -1.06. The molecular formula is C15H28N2O4. The zero-order valence-electron chi connectivity index (χ0n) is 13.4. The van der Waals surface area contributed by atoms with Crippen molar-refractivity contribution in [2.75, 3.05) is 6.54 Å². The van der Waals surface area contributed by atoms with Gasteiger partial charge in [0.25, 0.3) is 0 Å². The van der Waals surface area contributed by atoms with Gasteiger partial charge in [-0.15, -0.1) is 0 Å². The van der Waals surface area contributed by atoms with Gasteiger partial charge in [-0.1, -0.05) is 40.5 Å². The molecule has 0 aromatic heterocycles. The summed E-state index contributed by atoms with van der Waals surface area (Å²) < 4.78 is 0. The lowest BCUT2D eigenvalue weighted by Gasteiger charge is -2.17. The van der Waals surface area contributed by atoms with Crippen LogP contribution in [0, 0.1) is 11.8 Å². The summed E-state index contributed by atoms with van der Waals surface area (Å²) in [5.74, 6) is -1.22. The lowest BCUT2D eigenvalue weighted by Crippen LogP contribution is -2.46. The summed E-state index contributed by atoms with van der Waals surface area (Å²) in [6.45, 7) is 7.65. The number of hydrogen-bond acceptors (Lipinski definition) is 3. The number of hydrogen-bond donors (Lipinski definition) is 3. The monoisotopic (exact) mass is 300 g/mol. The van der Waals surface area contributed by atoms with Crippen LogP contribution in [0.4, 0.5) is 0 Å². The molecule has 6 nitrogen and oxygen atoms in total. The van der Waals surface area contributed by atoms with Crippen molar-refractivity contribution in [3.8, 4) is 0 Å². The van der Waals surface area contributed by atoms with Gasteiger partial charge in [-0.2, -0.15) is 0 Å². The second-order valence-corrected chi connectivity index (χ2v) is 5.75. The Bertz CT molecular complexity index is 352. The van der Waals surface area contributed by atoms with E-state index >= 15 is 0 Å². The fraction of sp³-hybridized carbons (Fsp3) is 0.800. The highest BCUT2D eigenvalue weighted by atomic mass is 16.4. The molecule has 0 heterocycles. The van der Waals surface area contributed by atoms with Gasteiger partial charge in [-0.05, 0) is 18.3 Å². The predicted octanol–water partition coefficient (Wildman–Crippen LogP) is 1.54. The van der Waals surface area contributed by atoms with Gasteiger partial charge in [-0.25, -0.2) is 4.79 Å². The molecule has 0 aliphatic rings. The van der Waals surface area contributed by atoms with Gasteiger partial charge in [0, 0.05) is 6.42 Å². The van der Waals surface area contributed by atoms with Gasteiger partial charge in [0.2, 0.25) is 11.8 Å². The van der Waals surface area contributed by atoms with Crippen LogP contribution in [-0.2, 0) is 14.4 Å². The molecule has 3 N–H and O–H groups in total. The van der Waals surface area contributed by atoms with Gasteiger partial charge in [-0.3, -0.25) is 9.59 Å². The van der Waals surface area contributed by atoms with Crippen LogP contribution < -0.4 is 10.6 Å². The van der Waals surface area contributed by atoms with E-state index in [1.54, 1.807) is 0 Å². The molecule has 6 heteroatoms. The van der Waals surface area contributed by atoms with E-state index in [0.29, 0.717) is 18.8 Å². The number of carbonyl (C=O) groups is 3. The molecule has 0 rings (SSSR count). The zero-order chi connectivity index (χ0) is 16.4. The van der Waals surface area contributed by atoms with Gasteiger partial charge in [0.15, 0.2) is 0 Å². The van der Waals surface area contributed by atoms with E-state index in [1.807, 2.05) is 27.7 Å². The first-order valence-electron chi connectivity index (χ1n) is 7.58. The molecule has 0 spiro atoms. The molecule has 0 saturated heterocycles. The molecule has 0 saturated carbocycles. The fourth-order valence-corrected chi connectivity index (χ4v) is 2.03. The quantitative estimate of drug-likeness (QED) is 0.570. The Morgan fingerprint density at radius 1 is 1.05 bits per heavy atom.